The number of anilines is 1. The second-order valence-corrected chi connectivity index (χ2v) is 6.97. The van der Waals surface area contributed by atoms with Crippen molar-refractivity contribution in [2.75, 3.05) is 32.2 Å². The van der Waals surface area contributed by atoms with Crippen LogP contribution in [0.3, 0.4) is 0 Å². The predicted molar refractivity (Wildman–Crippen MR) is 104 cm³/mol. The second kappa shape index (κ2) is 10.2. The molecule has 2 rings (SSSR count). The molecule has 0 aliphatic heterocycles. The van der Waals surface area contributed by atoms with Gasteiger partial charge in [0.1, 0.15) is 5.01 Å². The van der Waals surface area contributed by atoms with Crippen LogP contribution in [0.5, 0.6) is 0 Å². The number of carbonyl (C=O) groups excluding carboxylic acids is 2. The summed E-state index contributed by atoms with van der Waals surface area (Å²) in [6.07, 6.45) is 0. The van der Waals surface area contributed by atoms with Crippen molar-refractivity contribution in [2.45, 2.75) is 13.5 Å². The first-order valence-electron chi connectivity index (χ1n) is 7.96. The molecule has 0 fully saturated rings. The monoisotopic (exact) mass is 441 g/mol. The van der Waals surface area contributed by atoms with Crippen LogP contribution in [0.25, 0.3) is 0 Å². The topological polar surface area (TPSA) is 80.8 Å². The second-order valence-electron chi connectivity index (χ2n) is 5.17. The van der Waals surface area contributed by atoms with E-state index in [2.05, 4.69) is 26.2 Å². The number of methoxy groups -OCH3 is 1. The molecule has 0 radical (unpaired) electrons. The lowest BCUT2D eigenvalue weighted by atomic mass is 10.3. The summed E-state index contributed by atoms with van der Waals surface area (Å²) in [5.74, 6) is -0.462. The van der Waals surface area contributed by atoms with Gasteiger partial charge in [0.05, 0.1) is 25.4 Å². The highest BCUT2D eigenvalue weighted by Gasteiger charge is 2.18. The highest BCUT2D eigenvalue weighted by molar-refractivity contribution is 9.10. The van der Waals surface area contributed by atoms with Crippen LogP contribution in [-0.4, -0.2) is 48.8 Å². The molecule has 0 saturated carbocycles. The van der Waals surface area contributed by atoms with Crippen LogP contribution in [0.2, 0.25) is 0 Å². The van der Waals surface area contributed by atoms with Crippen LogP contribution in [0.1, 0.15) is 22.4 Å². The maximum atomic E-state index is 12.6. The summed E-state index contributed by atoms with van der Waals surface area (Å²) < 4.78 is 10.8. The maximum Gasteiger partial charge on any atom is 0.357 e. The van der Waals surface area contributed by atoms with Crippen molar-refractivity contribution >= 4 is 45.0 Å². The van der Waals surface area contributed by atoms with Crippen LogP contribution in [0.15, 0.2) is 34.1 Å². The zero-order valence-corrected chi connectivity index (χ0v) is 16.9. The highest BCUT2D eigenvalue weighted by atomic mass is 79.9. The molecule has 0 aliphatic carbocycles. The molecule has 0 saturated heterocycles. The molecule has 7 nitrogen and oxygen atoms in total. The van der Waals surface area contributed by atoms with Crippen molar-refractivity contribution < 1.29 is 19.1 Å². The van der Waals surface area contributed by atoms with Gasteiger partial charge in [-0.05, 0) is 35.0 Å². The third kappa shape index (κ3) is 5.79. The number of thiazole rings is 1. The first-order chi connectivity index (χ1) is 12.5. The molecular formula is C17H20BrN3O4S. The van der Waals surface area contributed by atoms with Crippen molar-refractivity contribution in [2.24, 2.45) is 0 Å². The molecule has 0 bridgehead atoms. The zero-order chi connectivity index (χ0) is 18.9. The van der Waals surface area contributed by atoms with Gasteiger partial charge in [0.25, 0.3) is 0 Å². The minimum absolute atomic E-state index is 0.254. The molecule has 26 heavy (non-hydrogen) atoms. The predicted octanol–water partition coefficient (Wildman–Crippen LogP) is 3.76. The van der Waals surface area contributed by atoms with E-state index in [0.29, 0.717) is 30.5 Å². The van der Waals surface area contributed by atoms with Crippen molar-refractivity contribution in [3.05, 3.63) is 44.8 Å². The average molecular weight is 442 g/mol. The summed E-state index contributed by atoms with van der Waals surface area (Å²) in [6, 6.07) is 7.09. The first-order valence-corrected chi connectivity index (χ1v) is 9.63. The number of para-hydroxylation sites is 1. The number of urea groups is 1. The molecule has 0 spiro atoms. The van der Waals surface area contributed by atoms with E-state index >= 15 is 0 Å². The smallest absolute Gasteiger partial charge is 0.357 e. The Labute approximate surface area is 164 Å². The Hall–Kier alpha value is -1.97. The SMILES string of the molecule is CCOC(=O)c1csc(CN(CCOC)C(=O)Nc2ccccc2Br)n1. The first kappa shape index (κ1) is 20.3. The van der Waals surface area contributed by atoms with Gasteiger partial charge in [-0.25, -0.2) is 14.6 Å². The van der Waals surface area contributed by atoms with Gasteiger partial charge < -0.3 is 19.7 Å². The Morgan fingerprint density at radius 2 is 2.12 bits per heavy atom. The molecule has 1 aromatic carbocycles. The molecule has 1 N–H and O–H groups in total. The van der Waals surface area contributed by atoms with E-state index in [1.165, 1.54) is 11.3 Å². The fourth-order valence-electron chi connectivity index (χ4n) is 2.06. The van der Waals surface area contributed by atoms with Crippen molar-refractivity contribution in [3.8, 4) is 0 Å². The van der Waals surface area contributed by atoms with E-state index in [-0.39, 0.29) is 18.3 Å². The van der Waals surface area contributed by atoms with Gasteiger partial charge in [0, 0.05) is 23.5 Å². The standard InChI is InChI=1S/C17H20BrN3O4S/c1-3-25-16(22)14-11-26-15(19-14)10-21(8-9-24-2)17(23)20-13-7-5-4-6-12(13)18/h4-7,11H,3,8-10H2,1-2H3,(H,20,23). The molecule has 0 unspecified atom stereocenters. The lowest BCUT2D eigenvalue weighted by Crippen LogP contribution is -2.37. The minimum atomic E-state index is -0.462. The Bertz CT molecular complexity index is 753. The number of esters is 1. The van der Waals surface area contributed by atoms with E-state index in [4.69, 9.17) is 9.47 Å². The maximum absolute atomic E-state index is 12.6. The van der Waals surface area contributed by atoms with Gasteiger partial charge in [-0.2, -0.15) is 0 Å². The quantitative estimate of drug-likeness (QED) is 0.630. The van der Waals surface area contributed by atoms with Crippen LogP contribution in [0.4, 0.5) is 10.5 Å². The Kier molecular flexibility index (Phi) is 8.02. The fourth-order valence-corrected chi connectivity index (χ4v) is 3.22. The number of hydrogen-bond donors (Lipinski definition) is 1. The molecule has 0 atom stereocenters. The minimum Gasteiger partial charge on any atom is -0.461 e. The Balaban J connectivity index is 2.08. The number of halogens is 1. The number of carbonyl (C=O) groups is 2. The number of rotatable bonds is 8. The lowest BCUT2D eigenvalue weighted by Gasteiger charge is -2.22. The van der Waals surface area contributed by atoms with Crippen LogP contribution in [0, 0.1) is 0 Å². The zero-order valence-electron chi connectivity index (χ0n) is 14.5. The van der Waals surface area contributed by atoms with Gasteiger partial charge in [0.2, 0.25) is 0 Å². The third-order valence-electron chi connectivity index (χ3n) is 3.33. The van der Waals surface area contributed by atoms with Crippen molar-refractivity contribution in [1.82, 2.24) is 9.88 Å². The highest BCUT2D eigenvalue weighted by Crippen LogP contribution is 2.22. The number of ether oxygens (including phenoxy) is 2. The number of amides is 2. The van der Waals surface area contributed by atoms with Crippen LogP contribution in [-0.2, 0) is 16.0 Å². The largest absolute Gasteiger partial charge is 0.461 e. The van der Waals surface area contributed by atoms with Crippen LogP contribution >= 0.6 is 27.3 Å². The Morgan fingerprint density at radius 3 is 2.81 bits per heavy atom. The normalized spacial score (nSPS) is 10.4. The summed E-state index contributed by atoms with van der Waals surface area (Å²) >= 11 is 4.72. The number of aromatic nitrogens is 1. The summed E-state index contributed by atoms with van der Waals surface area (Å²) in [6.45, 7) is 3.08. The van der Waals surface area contributed by atoms with E-state index in [9.17, 15) is 9.59 Å². The summed E-state index contributed by atoms with van der Waals surface area (Å²) in [4.78, 5) is 30.2. The third-order valence-corrected chi connectivity index (χ3v) is 4.86. The average Bonchev–Trinajstić information content (AvgIpc) is 3.09. The van der Waals surface area contributed by atoms with Gasteiger partial charge >= 0.3 is 12.0 Å². The molecule has 140 valence electrons. The number of nitrogens with one attached hydrogen (secondary N) is 1. The van der Waals surface area contributed by atoms with E-state index < -0.39 is 5.97 Å². The van der Waals surface area contributed by atoms with E-state index in [1.54, 1.807) is 30.4 Å². The fraction of sp³-hybridized carbons (Fsp3) is 0.353. The molecule has 2 amide bonds. The molecule has 1 aromatic heterocycles. The van der Waals surface area contributed by atoms with Crippen molar-refractivity contribution in [3.63, 3.8) is 0 Å². The summed E-state index contributed by atoms with van der Waals surface area (Å²) in [5, 5.41) is 5.14. The molecule has 9 heteroatoms. The Morgan fingerprint density at radius 1 is 1.35 bits per heavy atom. The molecule has 0 aliphatic rings. The van der Waals surface area contributed by atoms with Gasteiger partial charge in [-0.15, -0.1) is 11.3 Å². The number of hydrogen-bond acceptors (Lipinski definition) is 6. The number of nitrogens with zero attached hydrogens (tertiary/aromatic N) is 2. The van der Waals surface area contributed by atoms with Gasteiger partial charge in [0.15, 0.2) is 5.69 Å². The van der Waals surface area contributed by atoms with Gasteiger partial charge in [-0.3, -0.25) is 0 Å². The number of benzene rings is 1. The summed E-state index contributed by atoms with van der Waals surface area (Å²) in [5.41, 5.74) is 0.927. The van der Waals surface area contributed by atoms with Crippen molar-refractivity contribution in [1.29, 1.82) is 0 Å². The van der Waals surface area contributed by atoms with Crippen LogP contribution < -0.4 is 5.32 Å². The van der Waals surface area contributed by atoms with E-state index in [1.807, 2.05) is 18.2 Å². The van der Waals surface area contributed by atoms with Gasteiger partial charge in [-0.1, -0.05) is 12.1 Å². The molecule has 2 aromatic rings. The molecular weight excluding hydrogens is 422 g/mol. The molecule has 1 heterocycles. The summed E-state index contributed by atoms with van der Waals surface area (Å²) in [7, 11) is 1.58. The lowest BCUT2D eigenvalue weighted by molar-refractivity contribution is 0.0520. The van der Waals surface area contributed by atoms with E-state index in [0.717, 1.165) is 4.47 Å².